The number of nitrogens with one attached hydrogen (secondary N) is 1. The second kappa shape index (κ2) is 8.87. The van der Waals surface area contributed by atoms with Gasteiger partial charge in [-0.15, -0.1) is 0 Å². The van der Waals surface area contributed by atoms with E-state index in [-0.39, 0.29) is 12.1 Å². The third-order valence-corrected chi connectivity index (χ3v) is 2.80. The summed E-state index contributed by atoms with van der Waals surface area (Å²) in [4.78, 5) is 0. The normalized spacial score (nSPS) is 11.5. The van der Waals surface area contributed by atoms with Gasteiger partial charge in [0, 0.05) is 23.7 Å². The second-order valence-corrected chi connectivity index (χ2v) is 5.76. The fourth-order valence-electron chi connectivity index (χ4n) is 1.68. The first-order chi connectivity index (χ1) is 9.96. The topological polar surface area (TPSA) is 60.0 Å². The lowest BCUT2D eigenvalue weighted by Crippen LogP contribution is -2.35. The van der Waals surface area contributed by atoms with Gasteiger partial charge in [0.2, 0.25) is 0 Å². The highest BCUT2D eigenvalue weighted by molar-refractivity contribution is 5.40. The quantitative estimate of drug-likeness (QED) is 0.682. The standard InChI is InChI=1S/C16H27NO4/c1-16(2,3)17-12-13-5-6-14(19-4)11-15(13)21-10-9-20-8-7-18/h5-6,11,17-18H,7-10,12H2,1-4H3. The molecule has 0 radical (unpaired) electrons. The van der Waals surface area contributed by atoms with E-state index in [0.717, 1.165) is 23.6 Å². The van der Waals surface area contributed by atoms with Crippen LogP contribution in [0.1, 0.15) is 26.3 Å². The molecule has 0 saturated carbocycles. The third kappa shape index (κ3) is 7.32. The van der Waals surface area contributed by atoms with Crippen molar-refractivity contribution in [3.05, 3.63) is 23.8 Å². The van der Waals surface area contributed by atoms with Gasteiger partial charge in [-0.25, -0.2) is 0 Å². The fourth-order valence-corrected chi connectivity index (χ4v) is 1.68. The van der Waals surface area contributed by atoms with Crippen LogP contribution in [-0.4, -0.2) is 44.2 Å². The molecule has 0 spiro atoms. The van der Waals surface area contributed by atoms with Crippen molar-refractivity contribution >= 4 is 0 Å². The molecule has 0 fully saturated rings. The van der Waals surface area contributed by atoms with Crippen LogP contribution in [0.4, 0.5) is 0 Å². The summed E-state index contributed by atoms with van der Waals surface area (Å²) in [6.07, 6.45) is 0. The molecule has 21 heavy (non-hydrogen) atoms. The van der Waals surface area contributed by atoms with Gasteiger partial charge in [-0.05, 0) is 26.8 Å². The molecule has 2 N–H and O–H groups in total. The Hall–Kier alpha value is -1.30. The van der Waals surface area contributed by atoms with Crippen molar-refractivity contribution in [1.29, 1.82) is 0 Å². The van der Waals surface area contributed by atoms with Crippen LogP contribution in [0.5, 0.6) is 11.5 Å². The van der Waals surface area contributed by atoms with E-state index in [4.69, 9.17) is 19.3 Å². The maximum absolute atomic E-state index is 8.65. The number of methoxy groups -OCH3 is 1. The molecule has 1 aromatic rings. The average molecular weight is 297 g/mol. The van der Waals surface area contributed by atoms with Gasteiger partial charge in [0.05, 0.1) is 26.9 Å². The lowest BCUT2D eigenvalue weighted by Gasteiger charge is -2.22. The zero-order valence-corrected chi connectivity index (χ0v) is 13.4. The van der Waals surface area contributed by atoms with Crippen LogP contribution >= 0.6 is 0 Å². The van der Waals surface area contributed by atoms with Gasteiger partial charge < -0.3 is 24.6 Å². The molecule has 0 heterocycles. The van der Waals surface area contributed by atoms with E-state index in [1.807, 2.05) is 18.2 Å². The van der Waals surface area contributed by atoms with E-state index in [2.05, 4.69) is 26.1 Å². The molecule has 1 aromatic carbocycles. The maximum atomic E-state index is 8.65. The van der Waals surface area contributed by atoms with Gasteiger partial charge in [-0.3, -0.25) is 0 Å². The van der Waals surface area contributed by atoms with Gasteiger partial charge in [-0.1, -0.05) is 6.07 Å². The number of ether oxygens (including phenoxy) is 3. The summed E-state index contributed by atoms with van der Waals surface area (Å²) in [5.41, 5.74) is 1.12. The minimum atomic E-state index is 0.0277. The van der Waals surface area contributed by atoms with E-state index in [1.54, 1.807) is 7.11 Å². The first kappa shape index (κ1) is 17.8. The minimum Gasteiger partial charge on any atom is -0.497 e. The first-order valence-corrected chi connectivity index (χ1v) is 7.19. The van der Waals surface area contributed by atoms with E-state index >= 15 is 0 Å². The molecule has 1 rings (SSSR count). The number of aliphatic hydroxyl groups is 1. The van der Waals surface area contributed by atoms with E-state index in [9.17, 15) is 0 Å². The van der Waals surface area contributed by atoms with Crippen LogP contribution in [0.2, 0.25) is 0 Å². The summed E-state index contributed by atoms with van der Waals surface area (Å²) >= 11 is 0. The highest BCUT2D eigenvalue weighted by atomic mass is 16.5. The Kier molecular flexibility index (Phi) is 7.50. The smallest absolute Gasteiger partial charge is 0.127 e. The van der Waals surface area contributed by atoms with Gasteiger partial charge in [0.25, 0.3) is 0 Å². The van der Waals surface area contributed by atoms with Gasteiger partial charge in [0.15, 0.2) is 0 Å². The number of rotatable bonds is 9. The van der Waals surface area contributed by atoms with Gasteiger partial charge >= 0.3 is 0 Å². The molecule has 0 atom stereocenters. The molecule has 0 aliphatic rings. The highest BCUT2D eigenvalue weighted by Gasteiger charge is 2.12. The molecule has 0 aromatic heterocycles. The molecule has 0 bridgehead atoms. The SMILES string of the molecule is COc1ccc(CNC(C)(C)C)c(OCCOCCO)c1. The van der Waals surface area contributed by atoms with Crippen LogP contribution in [0.15, 0.2) is 18.2 Å². The molecule has 0 aliphatic heterocycles. The Balaban J connectivity index is 2.63. The largest absolute Gasteiger partial charge is 0.497 e. The minimum absolute atomic E-state index is 0.0277. The van der Waals surface area contributed by atoms with Crippen LogP contribution in [-0.2, 0) is 11.3 Å². The van der Waals surface area contributed by atoms with Crippen LogP contribution < -0.4 is 14.8 Å². The molecule has 5 heteroatoms. The Bertz CT molecular complexity index is 415. The molecule has 5 nitrogen and oxygen atoms in total. The Morgan fingerprint density at radius 1 is 1.14 bits per heavy atom. The second-order valence-electron chi connectivity index (χ2n) is 5.76. The van der Waals surface area contributed by atoms with Crippen LogP contribution in [0.25, 0.3) is 0 Å². The van der Waals surface area contributed by atoms with Crippen molar-refractivity contribution < 1.29 is 19.3 Å². The zero-order valence-electron chi connectivity index (χ0n) is 13.4. The number of benzene rings is 1. The van der Waals surface area contributed by atoms with Crippen LogP contribution in [0.3, 0.4) is 0 Å². The Morgan fingerprint density at radius 2 is 1.90 bits per heavy atom. The maximum Gasteiger partial charge on any atom is 0.127 e. The van der Waals surface area contributed by atoms with Crippen molar-refractivity contribution in [2.75, 3.05) is 33.5 Å². The van der Waals surface area contributed by atoms with Crippen molar-refractivity contribution in [1.82, 2.24) is 5.32 Å². The summed E-state index contributed by atoms with van der Waals surface area (Å²) < 4.78 is 16.2. The predicted molar refractivity (Wildman–Crippen MR) is 83.0 cm³/mol. The molecule has 120 valence electrons. The summed E-state index contributed by atoms with van der Waals surface area (Å²) in [5, 5.41) is 12.1. The Labute approximate surface area is 127 Å². The van der Waals surface area contributed by atoms with E-state index in [0.29, 0.717) is 19.8 Å². The molecular formula is C16H27NO4. The molecule has 0 amide bonds. The summed E-state index contributed by atoms with van der Waals surface area (Å²) in [7, 11) is 1.64. The Morgan fingerprint density at radius 3 is 2.52 bits per heavy atom. The molecule has 0 unspecified atom stereocenters. The molecular weight excluding hydrogens is 270 g/mol. The number of hydrogen-bond acceptors (Lipinski definition) is 5. The predicted octanol–water partition coefficient (Wildman–Crippen LogP) is 1.97. The lowest BCUT2D eigenvalue weighted by atomic mass is 10.1. The summed E-state index contributed by atoms with van der Waals surface area (Å²) in [6.45, 7) is 8.35. The van der Waals surface area contributed by atoms with Crippen molar-refractivity contribution in [3.63, 3.8) is 0 Å². The van der Waals surface area contributed by atoms with Gasteiger partial charge in [0.1, 0.15) is 18.1 Å². The highest BCUT2D eigenvalue weighted by Crippen LogP contribution is 2.25. The number of aliphatic hydroxyl groups excluding tert-OH is 1. The fraction of sp³-hybridized carbons (Fsp3) is 0.625. The monoisotopic (exact) mass is 297 g/mol. The summed E-state index contributed by atoms with van der Waals surface area (Å²) in [5.74, 6) is 1.56. The van der Waals surface area contributed by atoms with E-state index < -0.39 is 0 Å². The molecule has 0 aliphatic carbocycles. The lowest BCUT2D eigenvalue weighted by molar-refractivity contribution is 0.0702. The molecule has 0 saturated heterocycles. The van der Waals surface area contributed by atoms with Crippen molar-refractivity contribution in [2.45, 2.75) is 32.9 Å². The summed E-state index contributed by atoms with van der Waals surface area (Å²) in [6, 6.07) is 5.81. The van der Waals surface area contributed by atoms with Crippen molar-refractivity contribution in [3.8, 4) is 11.5 Å². The van der Waals surface area contributed by atoms with Gasteiger partial charge in [-0.2, -0.15) is 0 Å². The third-order valence-electron chi connectivity index (χ3n) is 2.80. The van der Waals surface area contributed by atoms with E-state index in [1.165, 1.54) is 0 Å². The first-order valence-electron chi connectivity index (χ1n) is 7.19. The average Bonchev–Trinajstić information content (AvgIpc) is 2.44. The van der Waals surface area contributed by atoms with Crippen LogP contribution in [0, 0.1) is 0 Å². The zero-order chi connectivity index (χ0) is 15.7. The van der Waals surface area contributed by atoms with Crippen molar-refractivity contribution in [2.24, 2.45) is 0 Å². The number of hydrogen-bond donors (Lipinski definition) is 2.